The van der Waals surface area contributed by atoms with Gasteiger partial charge in [-0.2, -0.15) is 5.10 Å². The number of piperazine rings is 1. The summed E-state index contributed by atoms with van der Waals surface area (Å²) in [5.41, 5.74) is 4.95. The van der Waals surface area contributed by atoms with Crippen molar-refractivity contribution in [2.75, 3.05) is 37.6 Å². The van der Waals surface area contributed by atoms with Gasteiger partial charge in [0, 0.05) is 65.0 Å². The molecule has 0 aliphatic carbocycles. The van der Waals surface area contributed by atoms with Crippen LogP contribution in [0.2, 0.25) is 0 Å². The Morgan fingerprint density at radius 2 is 2.13 bits per heavy atom. The highest BCUT2D eigenvalue weighted by molar-refractivity contribution is 5.89. The molecule has 0 amide bonds. The quantitative estimate of drug-likeness (QED) is 0.705. The van der Waals surface area contributed by atoms with Gasteiger partial charge >= 0.3 is 0 Å². The Bertz CT molecular complexity index is 1100. The number of fused-ring (bicyclic) bond motifs is 3. The summed E-state index contributed by atoms with van der Waals surface area (Å²) >= 11 is 0. The van der Waals surface area contributed by atoms with E-state index in [1.54, 1.807) is 0 Å². The van der Waals surface area contributed by atoms with Crippen LogP contribution < -0.4 is 15.0 Å². The molecule has 5 heterocycles. The molecule has 162 valence electrons. The van der Waals surface area contributed by atoms with E-state index in [-0.39, 0.29) is 0 Å². The molecule has 3 atom stereocenters. The predicted molar refractivity (Wildman–Crippen MR) is 122 cm³/mol. The smallest absolute Gasteiger partial charge is 0.159 e. The largest absolute Gasteiger partial charge is 0.489 e. The van der Waals surface area contributed by atoms with Gasteiger partial charge in [0.15, 0.2) is 5.65 Å². The molecule has 2 saturated heterocycles. The summed E-state index contributed by atoms with van der Waals surface area (Å²) in [6.45, 7) is 8.58. The lowest BCUT2D eigenvalue weighted by atomic mass is 9.90. The molecule has 0 spiro atoms. The van der Waals surface area contributed by atoms with Crippen molar-refractivity contribution in [2.45, 2.75) is 38.0 Å². The minimum atomic E-state index is 0.300. The van der Waals surface area contributed by atoms with E-state index in [2.05, 4.69) is 56.4 Å². The Balaban J connectivity index is 1.22. The average molecular weight is 419 g/mol. The van der Waals surface area contributed by atoms with Crippen LogP contribution in [-0.2, 0) is 13.6 Å². The van der Waals surface area contributed by atoms with E-state index >= 15 is 0 Å². The van der Waals surface area contributed by atoms with Gasteiger partial charge in [0.05, 0.1) is 17.3 Å². The van der Waals surface area contributed by atoms with Crippen LogP contribution in [0, 0.1) is 0 Å². The van der Waals surface area contributed by atoms with E-state index in [9.17, 15) is 0 Å². The lowest BCUT2D eigenvalue weighted by Gasteiger charge is -2.35. The highest BCUT2D eigenvalue weighted by Gasteiger charge is 2.35. The minimum absolute atomic E-state index is 0.300. The molecule has 0 unspecified atom stereocenters. The highest BCUT2D eigenvalue weighted by atomic mass is 16.5. The molecule has 2 fully saturated rings. The first-order chi connectivity index (χ1) is 15.2. The number of hydrogen-bond acceptors (Lipinski definition) is 6. The Kier molecular flexibility index (Phi) is 4.61. The maximum Gasteiger partial charge on any atom is 0.159 e. The van der Waals surface area contributed by atoms with E-state index in [4.69, 9.17) is 4.74 Å². The zero-order chi connectivity index (χ0) is 20.9. The molecule has 0 saturated carbocycles. The lowest BCUT2D eigenvalue weighted by Crippen LogP contribution is -2.47. The number of benzene rings is 1. The second-order valence-electron chi connectivity index (χ2n) is 9.31. The number of nitrogens with one attached hydrogen (secondary N) is 1. The van der Waals surface area contributed by atoms with Gasteiger partial charge in [-0.05, 0) is 35.2 Å². The summed E-state index contributed by atoms with van der Waals surface area (Å²) in [4.78, 5) is 9.53. The molecule has 7 nitrogen and oxygen atoms in total. The fraction of sp³-hybridized carbons (Fsp3) is 0.500. The van der Waals surface area contributed by atoms with Gasteiger partial charge in [0.1, 0.15) is 11.9 Å². The van der Waals surface area contributed by atoms with E-state index in [0.717, 1.165) is 62.5 Å². The van der Waals surface area contributed by atoms with Crippen LogP contribution >= 0.6 is 0 Å². The Morgan fingerprint density at radius 3 is 3.03 bits per heavy atom. The maximum absolute atomic E-state index is 6.45. The van der Waals surface area contributed by atoms with Gasteiger partial charge < -0.3 is 15.0 Å². The van der Waals surface area contributed by atoms with E-state index in [1.165, 1.54) is 16.8 Å². The fourth-order valence-corrected chi connectivity index (χ4v) is 5.63. The monoisotopic (exact) mass is 418 g/mol. The predicted octanol–water partition coefficient (Wildman–Crippen LogP) is 2.52. The maximum atomic E-state index is 6.45. The van der Waals surface area contributed by atoms with Crippen molar-refractivity contribution in [3.8, 4) is 5.75 Å². The molecule has 3 aromatic rings. The molecule has 3 aliphatic rings. The number of aromatic nitrogens is 3. The summed E-state index contributed by atoms with van der Waals surface area (Å²) in [6, 6.07) is 9.46. The topological polar surface area (TPSA) is 58.5 Å². The summed E-state index contributed by atoms with van der Waals surface area (Å²) in [7, 11) is 1.95. The molecular weight excluding hydrogens is 388 g/mol. The van der Waals surface area contributed by atoms with Gasteiger partial charge in [-0.3, -0.25) is 9.58 Å². The first-order valence-electron chi connectivity index (χ1n) is 11.4. The number of ether oxygens (including phenoxy) is 1. The number of pyridine rings is 1. The molecule has 0 bridgehead atoms. The van der Waals surface area contributed by atoms with Gasteiger partial charge in [-0.25, -0.2) is 4.98 Å². The van der Waals surface area contributed by atoms with Crippen molar-refractivity contribution in [2.24, 2.45) is 7.05 Å². The normalized spacial score (nSPS) is 26.1. The second-order valence-corrected chi connectivity index (χ2v) is 9.31. The molecule has 3 aliphatic heterocycles. The van der Waals surface area contributed by atoms with Crippen molar-refractivity contribution in [1.82, 2.24) is 25.0 Å². The van der Waals surface area contributed by atoms with Crippen LogP contribution in [0.3, 0.4) is 0 Å². The van der Waals surface area contributed by atoms with Crippen molar-refractivity contribution >= 4 is 16.7 Å². The van der Waals surface area contributed by atoms with E-state index < -0.39 is 0 Å². The molecule has 7 heteroatoms. The Labute approximate surface area is 183 Å². The molecule has 6 rings (SSSR count). The van der Waals surface area contributed by atoms with E-state index in [0.29, 0.717) is 18.1 Å². The fourth-order valence-electron chi connectivity index (χ4n) is 5.63. The third-order valence-corrected chi connectivity index (χ3v) is 7.21. The third kappa shape index (κ3) is 3.36. The summed E-state index contributed by atoms with van der Waals surface area (Å²) in [5.74, 6) is 1.46. The van der Waals surface area contributed by atoms with Crippen LogP contribution in [0.5, 0.6) is 5.75 Å². The van der Waals surface area contributed by atoms with Crippen LogP contribution in [0.15, 0.2) is 36.7 Å². The SMILES string of the molecule is C[C@H]1CN(c2ccnc3c2cnn3C)Cc2ccc(O[C@@H]3C[C@H]4CNCCN4C3)cc21. The Hall–Kier alpha value is -2.64. The van der Waals surface area contributed by atoms with Gasteiger partial charge in [0.2, 0.25) is 0 Å². The van der Waals surface area contributed by atoms with Crippen LogP contribution in [0.1, 0.15) is 30.4 Å². The summed E-state index contributed by atoms with van der Waals surface area (Å²) in [5, 5.41) is 9.03. The second kappa shape index (κ2) is 7.50. The van der Waals surface area contributed by atoms with Gasteiger partial charge in [-0.15, -0.1) is 0 Å². The summed E-state index contributed by atoms with van der Waals surface area (Å²) < 4.78 is 8.29. The molecule has 2 aromatic heterocycles. The Morgan fingerprint density at radius 1 is 1.19 bits per heavy atom. The lowest BCUT2D eigenvalue weighted by molar-refractivity contribution is 0.186. The zero-order valence-electron chi connectivity index (χ0n) is 18.3. The molecule has 0 radical (unpaired) electrons. The van der Waals surface area contributed by atoms with Crippen molar-refractivity contribution in [3.63, 3.8) is 0 Å². The first kappa shape index (κ1) is 19.1. The van der Waals surface area contributed by atoms with Gasteiger partial charge in [0.25, 0.3) is 0 Å². The average Bonchev–Trinajstić information content (AvgIpc) is 3.37. The molecule has 1 aromatic carbocycles. The van der Waals surface area contributed by atoms with Crippen LogP contribution in [0.25, 0.3) is 11.0 Å². The number of nitrogens with zero attached hydrogens (tertiary/aromatic N) is 5. The first-order valence-corrected chi connectivity index (χ1v) is 11.4. The highest BCUT2D eigenvalue weighted by Crippen LogP contribution is 2.36. The van der Waals surface area contributed by atoms with Crippen molar-refractivity contribution in [3.05, 3.63) is 47.8 Å². The van der Waals surface area contributed by atoms with E-state index in [1.807, 2.05) is 24.1 Å². The number of aryl methyl sites for hydroxylation is 1. The number of anilines is 1. The van der Waals surface area contributed by atoms with Gasteiger partial charge in [-0.1, -0.05) is 13.0 Å². The standard InChI is InChI=1S/C24H30N6O/c1-16-13-30(23-5-6-26-24-22(23)12-27-28(24)2)14-17-3-4-19(10-21(16)17)31-20-9-18-11-25-7-8-29(18)15-20/h3-6,10,12,16,18,20,25H,7-9,11,13-15H2,1-2H3/t16-,18-,20+/m0/s1. The minimum Gasteiger partial charge on any atom is -0.489 e. The molecule has 31 heavy (non-hydrogen) atoms. The summed E-state index contributed by atoms with van der Waals surface area (Å²) in [6.07, 6.45) is 5.24. The number of hydrogen-bond donors (Lipinski definition) is 1. The molecular formula is C24H30N6O. The van der Waals surface area contributed by atoms with Crippen LogP contribution in [-0.4, -0.2) is 64.5 Å². The van der Waals surface area contributed by atoms with Crippen molar-refractivity contribution < 1.29 is 4.74 Å². The molecule has 1 N–H and O–H groups in total. The zero-order valence-corrected chi connectivity index (χ0v) is 18.3. The van der Waals surface area contributed by atoms with Crippen molar-refractivity contribution in [1.29, 1.82) is 0 Å². The van der Waals surface area contributed by atoms with Crippen LogP contribution in [0.4, 0.5) is 5.69 Å². The third-order valence-electron chi connectivity index (χ3n) is 7.21. The number of rotatable bonds is 3.